The lowest BCUT2D eigenvalue weighted by molar-refractivity contribution is -0.139. The highest BCUT2D eigenvalue weighted by Crippen LogP contribution is 2.23. The van der Waals surface area contributed by atoms with Gasteiger partial charge in [-0.1, -0.05) is 20.8 Å². The molecule has 1 atom stereocenters. The molecule has 24 heavy (non-hydrogen) atoms. The van der Waals surface area contributed by atoms with Crippen LogP contribution in [0.1, 0.15) is 50.7 Å². The Morgan fingerprint density at radius 3 is 2.96 bits per heavy atom. The van der Waals surface area contributed by atoms with Crippen molar-refractivity contribution in [3.05, 3.63) is 35.8 Å². The van der Waals surface area contributed by atoms with E-state index in [1.807, 2.05) is 17.0 Å². The molecule has 0 spiro atoms. The van der Waals surface area contributed by atoms with E-state index in [9.17, 15) is 4.79 Å². The summed E-state index contributed by atoms with van der Waals surface area (Å²) in [4.78, 5) is 18.8. The third-order valence-electron chi connectivity index (χ3n) is 4.06. The number of carbonyl (C=O) groups excluding carboxylic acids is 1. The van der Waals surface area contributed by atoms with Gasteiger partial charge in [0.05, 0.1) is 19.4 Å². The van der Waals surface area contributed by atoms with Gasteiger partial charge in [0, 0.05) is 24.8 Å². The molecule has 0 saturated carbocycles. The molecular formula is C17H24N4O3. The van der Waals surface area contributed by atoms with E-state index in [1.165, 1.54) is 0 Å². The molecule has 1 amide bonds. The number of aromatic nitrogens is 3. The molecule has 1 saturated heterocycles. The maximum atomic E-state index is 12.4. The molecule has 3 rings (SSSR count). The summed E-state index contributed by atoms with van der Waals surface area (Å²) in [6, 6.07) is 3.72. The zero-order valence-corrected chi connectivity index (χ0v) is 14.4. The van der Waals surface area contributed by atoms with Gasteiger partial charge in [0.2, 0.25) is 5.91 Å². The first-order chi connectivity index (χ1) is 11.4. The first-order valence-corrected chi connectivity index (χ1v) is 8.28. The van der Waals surface area contributed by atoms with Crippen molar-refractivity contribution < 1.29 is 13.9 Å². The molecule has 130 valence electrons. The minimum absolute atomic E-state index is 0.107. The van der Waals surface area contributed by atoms with Crippen LogP contribution in [0.2, 0.25) is 0 Å². The van der Waals surface area contributed by atoms with Crippen LogP contribution in [-0.4, -0.2) is 45.7 Å². The molecule has 7 nitrogen and oxygen atoms in total. The zero-order valence-electron chi connectivity index (χ0n) is 14.4. The predicted octanol–water partition coefficient (Wildman–Crippen LogP) is 2.23. The van der Waals surface area contributed by atoms with Gasteiger partial charge in [-0.3, -0.25) is 9.89 Å². The lowest BCUT2D eigenvalue weighted by atomic mass is 9.96. The summed E-state index contributed by atoms with van der Waals surface area (Å²) in [6.45, 7) is 7.79. The van der Waals surface area contributed by atoms with Crippen LogP contribution in [-0.2, 0) is 21.4 Å². The Kier molecular flexibility index (Phi) is 4.71. The molecule has 0 aliphatic carbocycles. The smallest absolute Gasteiger partial charge is 0.223 e. The van der Waals surface area contributed by atoms with Gasteiger partial charge in [-0.2, -0.15) is 5.10 Å². The summed E-state index contributed by atoms with van der Waals surface area (Å²) in [5, 5.41) is 7.23. The minimum atomic E-state index is -0.255. The van der Waals surface area contributed by atoms with Crippen LogP contribution in [0.3, 0.4) is 0 Å². The van der Waals surface area contributed by atoms with Crippen molar-refractivity contribution in [1.29, 1.82) is 0 Å². The standard InChI is InChI=1S/C17H24N4O3/c1-17(2,3)16-18-15(19-20-16)13-11-21(8-10-24-13)14(22)7-6-12-5-4-9-23-12/h4-5,9,13H,6-8,10-11H2,1-3H3,(H,18,19,20)/t13-/m1/s1. The van der Waals surface area contributed by atoms with Crippen LogP contribution >= 0.6 is 0 Å². The number of rotatable bonds is 4. The molecule has 2 aromatic heterocycles. The second-order valence-corrected chi connectivity index (χ2v) is 7.07. The first kappa shape index (κ1) is 16.7. The third-order valence-corrected chi connectivity index (χ3v) is 4.06. The minimum Gasteiger partial charge on any atom is -0.469 e. The molecule has 0 radical (unpaired) electrons. The van der Waals surface area contributed by atoms with Crippen molar-refractivity contribution in [2.45, 2.75) is 45.1 Å². The van der Waals surface area contributed by atoms with Crippen molar-refractivity contribution in [2.24, 2.45) is 0 Å². The highest BCUT2D eigenvalue weighted by molar-refractivity contribution is 5.76. The summed E-state index contributed by atoms with van der Waals surface area (Å²) in [5.74, 6) is 2.37. The van der Waals surface area contributed by atoms with E-state index in [0.29, 0.717) is 38.4 Å². The quantitative estimate of drug-likeness (QED) is 0.928. The van der Waals surface area contributed by atoms with Crippen LogP contribution in [0.5, 0.6) is 0 Å². The van der Waals surface area contributed by atoms with Gasteiger partial charge in [0.15, 0.2) is 11.6 Å². The van der Waals surface area contributed by atoms with E-state index < -0.39 is 0 Å². The molecule has 0 aromatic carbocycles. The number of amides is 1. The molecular weight excluding hydrogens is 308 g/mol. The van der Waals surface area contributed by atoms with Crippen molar-refractivity contribution in [1.82, 2.24) is 20.1 Å². The predicted molar refractivity (Wildman–Crippen MR) is 87.4 cm³/mol. The molecule has 0 unspecified atom stereocenters. The molecule has 1 fully saturated rings. The van der Waals surface area contributed by atoms with E-state index in [1.54, 1.807) is 6.26 Å². The second kappa shape index (κ2) is 6.76. The fourth-order valence-corrected chi connectivity index (χ4v) is 2.64. The fraction of sp³-hybridized carbons (Fsp3) is 0.588. The lowest BCUT2D eigenvalue weighted by Gasteiger charge is -2.32. The Labute approximate surface area is 141 Å². The highest BCUT2D eigenvalue weighted by Gasteiger charge is 2.29. The van der Waals surface area contributed by atoms with Gasteiger partial charge in [-0.05, 0) is 12.1 Å². The number of aryl methyl sites for hydroxylation is 1. The van der Waals surface area contributed by atoms with E-state index in [0.717, 1.165) is 11.6 Å². The Bertz CT molecular complexity index is 672. The number of furan rings is 1. The van der Waals surface area contributed by atoms with Gasteiger partial charge >= 0.3 is 0 Å². The van der Waals surface area contributed by atoms with Crippen molar-refractivity contribution in [2.75, 3.05) is 19.7 Å². The molecule has 0 bridgehead atoms. The largest absolute Gasteiger partial charge is 0.469 e. The summed E-state index contributed by atoms with van der Waals surface area (Å²) < 4.78 is 11.1. The Hall–Kier alpha value is -2.15. The van der Waals surface area contributed by atoms with E-state index in [-0.39, 0.29) is 17.4 Å². The summed E-state index contributed by atoms with van der Waals surface area (Å²) >= 11 is 0. The normalized spacial score (nSPS) is 18.8. The van der Waals surface area contributed by atoms with Crippen molar-refractivity contribution in [3.8, 4) is 0 Å². The maximum Gasteiger partial charge on any atom is 0.223 e. The Morgan fingerprint density at radius 2 is 2.29 bits per heavy atom. The summed E-state index contributed by atoms with van der Waals surface area (Å²) in [7, 11) is 0. The number of hydrogen-bond donors (Lipinski definition) is 1. The average molecular weight is 332 g/mol. The molecule has 1 aliphatic rings. The van der Waals surface area contributed by atoms with Gasteiger partial charge in [0.25, 0.3) is 0 Å². The van der Waals surface area contributed by atoms with Crippen LogP contribution in [0.15, 0.2) is 22.8 Å². The van der Waals surface area contributed by atoms with E-state index >= 15 is 0 Å². The number of carbonyl (C=O) groups is 1. The summed E-state index contributed by atoms with van der Waals surface area (Å²) in [5.41, 5.74) is -0.123. The van der Waals surface area contributed by atoms with Gasteiger partial charge in [0.1, 0.15) is 11.9 Å². The molecule has 7 heteroatoms. The number of hydrogen-bond acceptors (Lipinski definition) is 5. The Morgan fingerprint density at radius 1 is 1.46 bits per heavy atom. The van der Waals surface area contributed by atoms with Crippen LogP contribution < -0.4 is 0 Å². The van der Waals surface area contributed by atoms with E-state index in [4.69, 9.17) is 9.15 Å². The molecule has 3 heterocycles. The van der Waals surface area contributed by atoms with Crippen LogP contribution in [0.4, 0.5) is 0 Å². The van der Waals surface area contributed by atoms with E-state index in [2.05, 4.69) is 36.0 Å². The SMILES string of the molecule is CC(C)(C)c1n[nH]c([C@H]2CN(C(=O)CCc3ccco3)CCO2)n1. The summed E-state index contributed by atoms with van der Waals surface area (Å²) in [6.07, 6.45) is 2.42. The fourth-order valence-electron chi connectivity index (χ4n) is 2.64. The topological polar surface area (TPSA) is 84.2 Å². The lowest BCUT2D eigenvalue weighted by Crippen LogP contribution is -2.42. The first-order valence-electron chi connectivity index (χ1n) is 8.28. The number of ether oxygens (including phenoxy) is 1. The average Bonchev–Trinajstić information content (AvgIpc) is 3.23. The second-order valence-electron chi connectivity index (χ2n) is 7.07. The van der Waals surface area contributed by atoms with Gasteiger partial charge in [-0.25, -0.2) is 4.98 Å². The van der Waals surface area contributed by atoms with Crippen LogP contribution in [0, 0.1) is 0 Å². The van der Waals surface area contributed by atoms with Crippen molar-refractivity contribution >= 4 is 5.91 Å². The van der Waals surface area contributed by atoms with Crippen LogP contribution in [0.25, 0.3) is 0 Å². The van der Waals surface area contributed by atoms with Crippen molar-refractivity contribution in [3.63, 3.8) is 0 Å². The third kappa shape index (κ3) is 3.84. The Balaban J connectivity index is 1.59. The maximum absolute atomic E-state index is 12.4. The molecule has 1 N–H and O–H groups in total. The number of H-pyrrole nitrogens is 1. The number of nitrogens with one attached hydrogen (secondary N) is 1. The zero-order chi connectivity index (χ0) is 17.2. The highest BCUT2D eigenvalue weighted by atomic mass is 16.5. The number of aromatic amines is 1. The molecule has 2 aromatic rings. The molecule has 1 aliphatic heterocycles. The number of nitrogens with zero attached hydrogens (tertiary/aromatic N) is 3. The van der Waals surface area contributed by atoms with Gasteiger partial charge in [-0.15, -0.1) is 0 Å². The monoisotopic (exact) mass is 332 g/mol. The number of morpholine rings is 1. The van der Waals surface area contributed by atoms with Gasteiger partial charge < -0.3 is 14.1 Å².